The summed E-state index contributed by atoms with van der Waals surface area (Å²) in [6.07, 6.45) is 1.04. The number of hydrogen-bond acceptors (Lipinski definition) is 3. The molecule has 1 aliphatic rings. The molecule has 82 valence electrons. The Hall–Kier alpha value is -0.870. The summed E-state index contributed by atoms with van der Waals surface area (Å²) >= 11 is 1.71. The Morgan fingerprint density at radius 2 is 2.53 bits per heavy atom. The van der Waals surface area contributed by atoms with E-state index >= 15 is 0 Å². The van der Waals surface area contributed by atoms with Crippen molar-refractivity contribution in [2.75, 3.05) is 13.1 Å². The van der Waals surface area contributed by atoms with Crippen LogP contribution in [0.25, 0.3) is 0 Å². The third kappa shape index (κ3) is 2.58. The summed E-state index contributed by atoms with van der Waals surface area (Å²) in [4.78, 5) is 15.2. The maximum absolute atomic E-state index is 11.9. The van der Waals surface area contributed by atoms with Crippen LogP contribution < -0.4 is 5.32 Å². The van der Waals surface area contributed by atoms with Crippen molar-refractivity contribution in [2.45, 2.75) is 25.9 Å². The van der Waals surface area contributed by atoms with Gasteiger partial charge in [-0.2, -0.15) is 0 Å². The van der Waals surface area contributed by atoms with Gasteiger partial charge in [0.25, 0.3) is 0 Å². The van der Waals surface area contributed by atoms with Gasteiger partial charge in [0.1, 0.15) is 0 Å². The van der Waals surface area contributed by atoms with E-state index in [1.807, 2.05) is 17.9 Å². The summed E-state index contributed by atoms with van der Waals surface area (Å²) in [5.41, 5.74) is 0. The Morgan fingerprint density at radius 3 is 3.27 bits per heavy atom. The van der Waals surface area contributed by atoms with E-state index in [0.29, 0.717) is 0 Å². The molecule has 0 spiro atoms. The standard InChI is InChI=1S/C11H16N2OS/c1-9-11(14)13(6-3-5-12-9)8-10-4-2-7-15-10/h2,4,7,9,12H,3,5-6,8H2,1H3. The molecule has 1 unspecified atom stereocenters. The summed E-state index contributed by atoms with van der Waals surface area (Å²) in [7, 11) is 0. The lowest BCUT2D eigenvalue weighted by atomic mass is 10.3. The lowest BCUT2D eigenvalue weighted by Crippen LogP contribution is -2.41. The van der Waals surface area contributed by atoms with E-state index in [2.05, 4.69) is 16.8 Å². The van der Waals surface area contributed by atoms with E-state index in [1.54, 1.807) is 11.3 Å². The number of thiophene rings is 1. The molecule has 1 amide bonds. The molecule has 1 aliphatic heterocycles. The average molecular weight is 224 g/mol. The average Bonchev–Trinajstić information content (AvgIpc) is 2.68. The van der Waals surface area contributed by atoms with Gasteiger partial charge in [-0.05, 0) is 31.3 Å². The molecule has 0 bridgehead atoms. The topological polar surface area (TPSA) is 32.3 Å². The Labute approximate surface area is 94.1 Å². The van der Waals surface area contributed by atoms with Gasteiger partial charge in [-0.1, -0.05) is 6.07 Å². The van der Waals surface area contributed by atoms with Crippen molar-refractivity contribution in [1.82, 2.24) is 10.2 Å². The predicted molar refractivity (Wildman–Crippen MR) is 61.8 cm³/mol. The molecule has 1 N–H and O–H groups in total. The van der Waals surface area contributed by atoms with Gasteiger partial charge in [-0.15, -0.1) is 11.3 Å². The number of carbonyl (C=O) groups excluding carboxylic acids is 1. The minimum absolute atomic E-state index is 0.0348. The normalized spacial score (nSPS) is 22.9. The van der Waals surface area contributed by atoms with Gasteiger partial charge in [0.15, 0.2) is 0 Å². The van der Waals surface area contributed by atoms with E-state index in [-0.39, 0.29) is 11.9 Å². The van der Waals surface area contributed by atoms with Gasteiger partial charge in [-0.3, -0.25) is 4.79 Å². The third-order valence-corrected chi connectivity index (χ3v) is 3.53. The molecule has 0 aliphatic carbocycles. The molecular formula is C11H16N2OS. The highest BCUT2D eigenvalue weighted by molar-refractivity contribution is 7.09. The quantitative estimate of drug-likeness (QED) is 0.825. The Balaban J connectivity index is 2.03. The number of nitrogens with zero attached hydrogens (tertiary/aromatic N) is 1. The Morgan fingerprint density at radius 1 is 1.67 bits per heavy atom. The molecule has 1 aromatic rings. The van der Waals surface area contributed by atoms with Gasteiger partial charge in [0.05, 0.1) is 12.6 Å². The zero-order valence-corrected chi connectivity index (χ0v) is 9.72. The van der Waals surface area contributed by atoms with Crippen molar-refractivity contribution in [2.24, 2.45) is 0 Å². The summed E-state index contributed by atoms with van der Waals surface area (Å²) < 4.78 is 0. The van der Waals surface area contributed by atoms with E-state index in [0.717, 1.165) is 26.1 Å². The van der Waals surface area contributed by atoms with Crippen LogP contribution in [0.3, 0.4) is 0 Å². The van der Waals surface area contributed by atoms with E-state index in [1.165, 1.54) is 4.88 Å². The maximum atomic E-state index is 11.9. The fourth-order valence-electron chi connectivity index (χ4n) is 1.81. The third-order valence-electron chi connectivity index (χ3n) is 2.66. The largest absolute Gasteiger partial charge is 0.336 e. The van der Waals surface area contributed by atoms with Crippen molar-refractivity contribution in [3.05, 3.63) is 22.4 Å². The Bertz CT molecular complexity index is 323. The maximum Gasteiger partial charge on any atom is 0.239 e. The highest BCUT2D eigenvalue weighted by Gasteiger charge is 2.22. The van der Waals surface area contributed by atoms with Gasteiger partial charge in [-0.25, -0.2) is 0 Å². The van der Waals surface area contributed by atoms with E-state index in [9.17, 15) is 4.79 Å². The molecule has 1 aromatic heterocycles. The summed E-state index contributed by atoms with van der Waals surface area (Å²) in [6, 6.07) is 4.08. The summed E-state index contributed by atoms with van der Waals surface area (Å²) in [6.45, 7) is 4.51. The highest BCUT2D eigenvalue weighted by atomic mass is 32.1. The van der Waals surface area contributed by atoms with Crippen LogP contribution >= 0.6 is 11.3 Å². The molecule has 2 heterocycles. The zero-order valence-electron chi connectivity index (χ0n) is 8.90. The molecule has 0 aromatic carbocycles. The first-order chi connectivity index (χ1) is 7.27. The molecule has 15 heavy (non-hydrogen) atoms. The highest BCUT2D eigenvalue weighted by Crippen LogP contribution is 2.14. The number of rotatable bonds is 2. The monoisotopic (exact) mass is 224 g/mol. The second-order valence-electron chi connectivity index (χ2n) is 3.87. The molecule has 4 heteroatoms. The van der Waals surface area contributed by atoms with Crippen LogP contribution in [-0.2, 0) is 11.3 Å². The molecular weight excluding hydrogens is 208 g/mol. The SMILES string of the molecule is CC1NCCCN(Cc2cccs2)C1=O. The van der Waals surface area contributed by atoms with E-state index in [4.69, 9.17) is 0 Å². The second kappa shape index (κ2) is 4.77. The van der Waals surface area contributed by atoms with Crippen molar-refractivity contribution >= 4 is 17.2 Å². The molecule has 1 atom stereocenters. The number of hydrogen-bond donors (Lipinski definition) is 1. The van der Waals surface area contributed by atoms with Crippen LogP contribution in [0.5, 0.6) is 0 Å². The minimum Gasteiger partial charge on any atom is -0.336 e. The molecule has 1 saturated heterocycles. The molecule has 1 fully saturated rings. The van der Waals surface area contributed by atoms with Gasteiger partial charge >= 0.3 is 0 Å². The second-order valence-corrected chi connectivity index (χ2v) is 4.90. The first-order valence-electron chi connectivity index (χ1n) is 5.32. The van der Waals surface area contributed by atoms with Crippen LogP contribution in [0.1, 0.15) is 18.2 Å². The van der Waals surface area contributed by atoms with Crippen LogP contribution in [-0.4, -0.2) is 29.9 Å². The van der Waals surface area contributed by atoms with Crippen LogP contribution in [0.4, 0.5) is 0 Å². The van der Waals surface area contributed by atoms with Crippen LogP contribution in [0.2, 0.25) is 0 Å². The summed E-state index contributed by atoms with van der Waals surface area (Å²) in [5, 5.41) is 5.27. The molecule has 0 radical (unpaired) electrons. The van der Waals surface area contributed by atoms with E-state index < -0.39 is 0 Å². The van der Waals surface area contributed by atoms with Crippen molar-refractivity contribution < 1.29 is 4.79 Å². The predicted octanol–water partition coefficient (Wildman–Crippen LogP) is 1.46. The molecule has 3 nitrogen and oxygen atoms in total. The summed E-state index contributed by atoms with van der Waals surface area (Å²) in [5.74, 6) is 0.223. The van der Waals surface area contributed by atoms with Crippen molar-refractivity contribution in [1.29, 1.82) is 0 Å². The smallest absolute Gasteiger partial charge is 0.239 e. The lowest BCUT2D eigenvalue weighted by molar-refractivity contribution is -0.132. The van der Waals surface area contributed by atoms with Crippen molar-refractivity contribution in [3.8, 4) is 0 Å². The first-order valence-corrected chi connectivity index (χ1v) is 6.20. The minimum atomic E-state index is -0.0348. The number of amides is 1. The first kappa shape index (κ1) is 10.6. The number of carbonyl (C=O) groups is 1. The fourth-order valence-corrected chi connectivity index (χ4v) is 2.53. The fraction of sp³-hybridized carbons (Fsp3) is 0.545. The van der Waals surface area contributed by atoms with Gasteiger partial charge < -0.3 is 10.2 Å². The van der Waals surface area contributed by atoms with Crippen molar-refractivity contribution in [3.63, 3.8) is 0 Å². The van der Waals surface area contributed by atoms with Gasteiger partial charge in [0.2, 0.25) is 5.91 Å². The van der Waals surface area contributed by atoms with Crippen LogP contribution in [0, 0.1) is 0 Å². The zero-order chi connectivity index (χ0) is 10.7. The molecule has 2 rings (SSSR count). The lowest BCUT2D eigenvalue weighted by Gasteiger charge is -2.21. The Kier molecular flexibility index (Phi) is 3.38. The number of nitrogens with one attached hydrogen (secondary N) is 1. The van der Waals surface area contributed by atoms with Crippen LogP contribution in [0.15, 0.2) is 17.5 Å². The molecule has 0 saturated carbocycles. The van der Waals surface area contributed by atoms with Gasteiger partial charge in [0, 0.05) is 11.4 Å².